The largest absolute Gasteiger partial charge is 0.314 e. The molecule has 0 aliphatic heterocycles. The highest BCUT2D eigenvalue weighted by Crippen LogP contribution is 2.17. The standard InChI is InChI=1S/C17H29N/c1-6-18-17(11-13(2)3)12-15-7-9-16(10-8-15)14(4)5/h7-10,13-14,17-18H,6,11-12H2,1-5H3. The number of rotatable bonds is 7. The number of likely N-dealkylation sites (N-methyl/N-ethyl adjacent to an activating group) is 1. The van der Waals surface area contributed by atoms with E-state index in [0.717, 1.165) is 18.9 Å². The predicted molar refractivity (Wildman–Crippen MR) is 81.2 cm³/mol. The van der Waals surface area contributed by atoms with Gasteiger partial charge in [0, 0.05) is 6.04 Å². The summed E-state index contributed by atoms with van der Waals surface area (Å²) >= 11 is 0. The van der Waals surface area contributed by atoms with Gasteiger partial charge in [-0.1, -0.05) is 58.9 Å². The zero-order chi connectivity index (χ0) is 13.5. The highest BCUT2D eigenvalue weighted by atomic mass is 14.9. The molecule has 0 aromatic heterocycles. The second-order valence-corrected chi connectivity index (χ2v) is 5.98. The minimum absolute atomic E-state index is 0.611. The van der Waals surface area contributed by atoms with E-state index in [9.17, 15) is 0 Å². The van der Waals surface area contributed by atoms with Crippen LogP contribution in [0, 0.1) is 5.92 Å². The van der Waals surface area contributed by atoms with Crippen molar-refractivity contribution in [3.05, 3.63) is 35.4 Å². The number of hydrogen-bond acceptors (Lipinski definition) is 1. The van der Waals surface area contributed by atoms with Crippen LogP contribution >= 0.6 is 0 Å². The normalized spacial score (nSPS) is 13.3. The Hall–Kier alpha value is -0.820. The lowest BCUT2D eigenvalue weighted by Gasteiger charge is -2.20. The van der Waals surface area contributed by atoms with Crippen molar-refractivity contribution < 1.29 is 0 Å². The number of hydrogen-bond donors (Lipinski definition) is 1. The van der Waals surface area contributed by atoms with Crippen molar-refractivity contribution in [1.82, 2.24) is 5.32 Å². The molecule has 0 amide bonds. The van der Waals surface area contributed by atoms with Crippen molar-refractivity contribution in [3.8, 4) is 0 Å². The van der Waals surface area contributed by atoms with Gasteiger partial charge < -0.3 is 5.32 Å². The molecule has 1 unspecified atom stereocenters. The summed E-state index contributed by atoms with van der Waals surface area (Å²) in [6.45, 7) is 12.3. The minimum atomic E-state index is 0.611. The van der Waals surface area contributed by atoms with E-state index in [4.69, 9.17) is 0 Å². The van der Waals surface area contributed by atoms with E-state index in [0.29, 0.717) is 12.0 Å². The Morgan fingerprint density at radius 2 is 1.61 bits per heavy atom. The number of benzene rings is 1. The van der Waals surface area contributed by atoms with Crippen LogP contribution in [0.25, 0.3) is 0 Å². The SMILES string of the molecule is CCNC(Cc1ccc(C(C)C)cc1)CC(C)C. The molecule has 1 N–H and O–H groups in total. The number of nitrogens with one attached hydrogen (secondary N) is 1. The van der Waals surface area contributed by atoms with Crippen LogP contribution < -0.4 is 5.32 Å². The topological polar surface area (TPSA) is 12.0 Å². The van der Waals surface area contributed by atoms with Crippen LogP contribution in [0.5, 0.6) is 0 Å². The van der Waals surface area contributed by atoms with Crippen molar-refractivity contribution in [2.45, 2.75) is 59.4 Å². The fourth-order valence-electron chi connectivity index (χ4n) is 2.42. The van der Waals surface area contributed by atoms with E-state index in [-0.39, 0.29) is 0 Å². The Morgan fingerprint density at radius 3 is 2.06 bits per heavy atom. The first-order valence-electron chi connectivity index (χ1n) is 7.35. The van der Waals surface area contributed by atoms with Gasteiger partial charge in [0.1, 0.15) is 0 Å². The van der Waals surface area contributed by atoms with E-state index < -0.39 is 0 Å². The Kier molecular flexibility index (Phi) is 6.42. The van der Waals surface area contributed by atoms with E-state index in [1.54, 1.807) is 0 Å². The van der Waals surface area contributed by atoms with Crippen molar-refractivity contribution in [2.24, 2.45) is 5.92 Å². The summed E-state index contributed by atoms with van der Waals surface area (Å²) in [5.41, 5.74) is 2.88. The molecular formula is C17H29N. The molecular weight excluding hydrogens is 218 g/mol. The van der Waals surface area contributed by atoms with Gasteiger partial charge in [-0.05, 0) is 42.3 Å². The summed E-state index contributed by atoms with van der Waals surface area (Å²) in [5, 5.41) is 3.60. The molecule has 0 saturated heterocycles. The summed E-state index contributed by atoms with van der Waals surface area (Å²) in [6.07, 6.45) is 2.39. The van der Waals surface area contributed by atoms with E-state index in [1.165, 1.54) is 17.5 Å². The highest BCUT2D eigenvalue weighted by molar-refractivity contribution is 5.25. The molecule has 102 valence electrons. The third-order valence-corrected chi connectivity index (χ3v) is 3.38. The average Bonchev–Trinajstić information content (AvgIpc) is 2.29. The van der Waals surface area contributed by atoms with Gasteiger partial charge in [-0.15, -0.1) is 0 Å². The summed E-state index contributed by atoms with van der Waals surface area (Å²) < 4.78 is 0. The van der Waals surface area contributed by atoms with Crippen LogP contribution in [-0.4, -0.2) is 12.6 Å². The van der Waals surface area contributed by atoms with Gasteiger partial charge in [0.25, 0.3) is 0 Å². The summed E-state index contributed by atoms with van der Waals surface area (Å²) in [4.78, 5) is 0. The van der Waals surface area contributed by atoms with Crippen LogP contribution in [-0.2, 0) is 6.42 Å². The lowest BCUT2D eigenvalue weighted by Crippen LogP contribution is -2.32. The van der Waals surface area contributed by atoms with Gasteiger partial charge in [0.15, 0.2) is 0 Å². The Balaban J connectivity index is 2.62. The average molecular weight is 247 g/mol. The van der Waals surface area contributed by atoms with Crippen LogP contribution in [0.2, 0.25) is 0 Å². The second-order valence-electron chi connectivity index (χ2n) is 5.98. The van der Waals surface area contributed by atoms with Crippen LogP contribution in [0.4, 0.5) is 0 Å². The molecule has 0 aliphatic carbocycles. The molecule has 1 aromatic carbocycles. The van der Waals surface area contributed by atoms with Gasteiger partial charge in [-0.3, -0.25) is 0 Å². The molecule has 1 heteroatoms. The summed E-state index contributed by atoms with van der Waals surface area (Å²) in [5.74, 6) is 1.38. The quantitative estimate of drug-likeness (QED) is 0.754. The second kappa shape index (κ2) is 7.58. The molecule has 1 rings (SSSR count). The van der Waals surface area contributed by atoms with Crippen molar-refractivity contribution in [3.63, 3.8) is 0 Å². The maximum Gasteiger partial charge on any atom is 0.0110 e. The van der Waals surface area contributed by atoms with Crippen molar-refractivity contribution >= 4 is 0 Å². The third kappa shape index (κ3) is 5.22. The van der Waals surface area contributed by atoms with Gasteiger partial charge >= 0.3 is 0 Å². The Bertz CT molecular complexity index is 324. The molecule has 0 fully saturated rings. The fraction of sp³-hybridized carbons (Fsp3) is 0.647. The maximum absolute atomic E-state index is 3.60. The lowest BCUT2D eigenvalue weighted by molar-refractivity contribution is 0.424. The maximum atomic E-state index is 3.60. The molecule has 1 atom stereocenters. The lowest BCUT2D eigenvalue weighted by atomic mass is 9.95. The minimum Gasteiger partial charge on any atom is -0.314 e. The van der Waals surface area contributed by atoms with Gasteiger partial charge in [0.05, 0.1) is 0 Å². The monoisotopic (exact) mass is 247 g/mol. The van der Waals surface area contributed by atoms with Gasteiger partial charge in [0.2, 0.25) is 0 Å². The van der Waals surface area contributed by atoms with Gasteiger partial charge in [-0.2, -0.15) is 0 Å². The van der Waals surface area contributed by atoms with Crippen molar-refractivity contribution in [1.29, 1.82) is 0 Å². The van der Waals surface area contributed by atoms with E-state index in [2.05, 4.69) is 64.2 Å². The fourth-order valence-corrected chi connectivity index (χ4v) is 2.42. The van der Waals surface area contributed by atoms with Crippen LogP contribution in [0.3, 0.4) is 0 Å². The molecule has 1 aromatic rings. The Morgan fingerprint density at radius 1 is 1.00 bits per heavy atom. The zero-order valence-corrected chi connectivity index (χ0v) is 12.7. The third-order valence-electron chi connectivity index (χ3n) is 3.38. The summed E-state index contributed by atoms with van der Waals surface area (Å²) in [7, 11) is 0. The zero-order valence-electron chi connectivity index (χ0n) is 12.7. The van der Waals surface area contributed by atoms with Crippen LogP contribution in [0.1, 0.15) is 58.1 Å². The molecule has 1 nitrogen and oxygen atoms in total. The molecule has 0 aliphatic rings. The summed E-state index contributed by atoms with van der Waals surface area (Å²) in [6, 6.07) is 9.75. The molecule has 0 radical (unpaired) electrons. The van der Waals surface area contributed by atoms with E-state index in [1.807, 2.05) is 0 Å². The van der Waals surface area contributed by atoms with Crippen LogP contribution in [0.15, 0.2) is 24.3 Å². The molecule has 18 heavy (non-hydrogen) atoms. The first-order chi connectivity index (χ1) is 8.52. The highest BCUT2D eigenvalue weighted by Gasteiger charge is 2.10. The molecule has 0 saturated carbocycles. The van der Waals surface area contributed by atoms with Gasteiger partial charge in [-0.25, -0.2) is 0 Å². The molecule has 0 spiro atoms. The first kappa shape index (κ1) is 15.2. The molecule has 0 heterocycles. The first-order valence-corrected chi connectivity index (χ1v) is 7.35. The Labute approximate surface area is 113 Å². The molecule has 0 bridgehead atoms. The van der Waals surface area contributed by atoms with E-state index >= 15 is 0 Å². The van der Waals surface area contributed by atoms with Crippen molar-refractivity contribution in [2.75, 3.05) is 6.54 Å². The predicted octanol–water partition coefficient (Wildman–Crippen LogP) is 4.38. The smallest absolute Gasteiger partial charge is 0.0110 e.